The maximum atomic E-state index is 13.0. The van der Waals surface area contributed by atoms with Crippen LogP contribution in [-0.2, 0) is 4.79 Å². The van der Waals surface area contributed by atoms with Gasteiger partial charge >= 0.3 is 0 Å². The Labute approximate surface area is 132 Å². The molecule has 0 fully saturated rings. The molecule has 2 rings (SSSR count). The number of hydrogen-bond donors (Lipinski definition) is 2. The maximum absolute atomic E-state index is 13.0. The van der Waals surface area contributed by atoms with Crippen LogP contribution in [0.3, 0.4) is 0 Å². The summed E-state index contributed by atoms with van der Waals surface area (Å²) in [5.74, 6) is -0.731. The third kappa shape index (κ3) is 4.47. The Balaban J connectivity index is 1.80. The molecular weight excluding hydrogens is 305 g/mol. The number of halogens is 2. The summed E-state index contributed by atoms with van der Waals surface area (Å²) < 4.78 is 13.0. The van der Waals surface area contributed by atoms with Crippen LogP contribution in [0.25, 0.3) is 0 Å². The van der Waals surface area contributed by atoms with Crippen molar-refractivity contribution in [2.24, 2.45) is 0 Å². The first kappa shape index (κ1) is 15.8. The van der Waals surface area contributed by atoms with E-state index in [1.165, 1.54) is 18.2 Å². The minimum atomic E-state index is -0.526. The zero-order valence-corrected chi connectivity index (χ0v) is 12.3. The van der Waals surface area contributed by atoms with Gasteiger partial charge in [0.15, 0.2) is 0 Å². The third-order valence-corrected chi connectivity index (χ3v) is 3.19. The third-order valence-electron chi connectivity index (χ3n) is 2.90. The van der Waals surface area contributed by atoms with Gasteiger partial charge in [-0.25, -0.2) is 4.39 Å². The summed E-state index contributed by atoms with van der Waals surface area (Å²) in [7, 11) is 0. The number of carbonyl (C=O) groups excluding carboxylic acids is 1. The van der Waals surface area contributed by atoms with E-state index in [0.717, 1.165) is 5.69 Å². The van der Waals surface area contributed by atoms with E-state index in [4.69, 9.17) is 16.9 Å². The fourth-order valence-electron chi connectivity index (χ4n) is 1.78. The summed E-state index contributed by atoms with van der Waals surface area (Å²) in [5.41, 5.74) is 1.86. The van der Waals surface area contributed by atoms with Crippen LogP contribution in [0.4, 0.5) is 15.8 Å². The number of benzene rings is 2. The second kappa shape index (κ2) is 7.43. The van der Waals surface area contributed by atoms with Crippen molar-refractivity contribution >= 4 is 28.9 Å². The molecule has 2 aromatic rings. The molecule has 4 nitrogen and oxygen atoms in total. The number of nitrogens with one attached hydrogen (secondary N) is 2. The molecule has 0 aliphatic rings. The molecule has 0 spiro atoms. The Morgan fingerprint density at radius 2 is 1.86 bits per heavy atom. The van der Waals surface area contributed by atoms with Crippen molar-refractivity contribution < 1.29 is 9.18 Å². The molecule has 0 aliphatic heterocycles. The van der Waals surface area contributed by atoms with Crippen LogP contribution in [0.2, 0.25) is 5.02 Å². The number of nitriles is 1. The first-order valence-electron chi connectivity index (χ1n) is 6.57. The molecule has 0 radical (unpaired) electrons. The van der Waals surface area contributed by atoms with Crippen molar-refractivity contribution in [3.8, 4) is 6.07 Å². The van der Waals surface area contributed by atoms with E-state index in [1.54, 1.807) is 24.3 Å². The van der Waals surface area contributed by atoms with Crippen LogP contribution in [0.1, 0.15) is 12.0 Å². The van der Waals surface area contributed by atoms with Gasteiger partial charge in [-0.3, -0.25) is 4.79 Å². The summed E-state index contributed by atoms with van der Waals surface area (Å²) in [6, 6.07) is 13.0. The fourth-order valence-corrected chi connectivity index (χ4v) is 1.96. The van der Waals surface area contributed by atoms with Crippen molar-refractivity contribution in [3.05, 3.63) is 58.9 Å². The molecule has 2 aromatic carbocycles. The smallest absolute Gasteiger partial charge is 0.226 e. The highest BCUT2D eigenvalue weighted by Crippen LogP contribution is 2.19. The quantitative estimate of drug-likeness (QED) is 0.881. The first-order valence-corrected chi connectivity index (χ1v) is 6.95. The number of carbonyl (C=O) groups is 1. The highest BCUT2D eigenvalue weighted by molar-refractivity contribution is 6.31. The van der Waals surface area contributed by atoms with Crippen molar-refractivity contribution in [1.82, 2.24) is 0 Å². The molecule has 0 saturated heterocycles. The van der Waals surface area contributed by atoms with Crippen LogP contribution < -0.4 is 10.6 Å². The highest BCUT2D eigenvalue weighted by atomic mass is 35.5. The minimum Gasteiger partial charge on any atom is -0.385 e. The lowest BCUT2D eigenvalue weighted by atomic mass is 10.2. The lowest BCUT2D eigenvalue weighted by molar-refractivity contribution is -0.115. The molecule has 1 amide bonds. The molecular formula is C16H13ClFN3O. The predicted molar refractivity (Wildman–Crippen MR) is 84.3 cm³/mol. The van der Waals surface area contributed by atoms with Crippen LogP contribution in [0.5, 0.6) is 0 Å². The summed E-state index contributed by atoms with van der Waals surface area (Å²) >= 11 is 5.64. The Hall–Kier alpha value is -2.58. The van der Waals surface area contributed by atoms with Gasteiger partial charge in [-0.15, -0.1) is 0 Å². The fraction of sp³-hybridized carbons (Fsp3) is 0.125. The summed E-state index contributed by atoms with van der Waals surface area (Å²) in [6.45, 7) is 0.437. The van der Waals surface area contributed by atoms with E-state index < -0.39 is 5.82 Å². The second-order valence-corrected chi connectivity index (χ2v) is 4.95. The topological polar surface area (TPSA) is 64.9 Å². The van der Waals surface area contributed by atoms with E-state index in [-0.39, 0.29) is 17.4 Å². The van der Waals surface area contributed by atoms with E-state index in [9.17, 15) is 9.18 Å². The van der Waals surface area contributed by atoms with Crippen LogP contribution in [-0.4, -0.2) is 12.5 Å². The normalized spacial score (nSPS) is 9.86. The predicted octanol–water partition coefficient (Wildman–Crippen LogP) is 3.79. The van der Waals surface area contributed by atoms with Crippen molar-refractivity contribution in [2.75, 3.05) is 17.2 Å². The molecule has 0 aromatic heterocycles. The number of nitrogens with zero attached hydrogens (tertiary/aromatic N) is 1. The van der Waals surface area contributed by atoms with Gasteiger partial charge in [0.1, 0.15) is 5.82 Å². The molecule has 112 valence electrons. The molecule has 0 heterocycles. The Morgan fingerprint density at radius 1 is 1.18 bits per heavy atom. The van der Waals surface area contributed by atoms with Gasteiger partial charge in [0, 0.05) is 24.3 Å². The molecule has 0 atom stereocenters. The number of rotatable bonds is 5. The van der Waals surface area contributed by atoms with Gasteiger partial charge in [-0.05, 0) is 42.5 Å². The summed E-state index contributed by atoms with van der Waals surface area (Å²) in [5, 5.41) is 14.4. The average molecular weight is 318 g/mol. The van der Waals surface area contributed by atoms with Crippen LogP contribution >= 0.6 is 11.6 Å². The lowest BCUT2D eigenvalue weighted by Crippen LogP contribution is -2.16. The van der Waals surface area contributed by atoms with Crippen molar-refractivity contribution in [1.29, 1.82) is 5.26 Å². The molecule has 0 saturated carbocycles. The SMILES string of the molecule is N#Cc1ccc(NCCC(=O)Nc2ccc(F)c(Cl)c2)cc1. The second-order valence-electron chi connectivity index (χ2n) is 4.54. The standard InChI is InChI=1S/C16H13ClFN3O/c17-14-9-13(5-6-15(14)18)21-16(22)7-8-20-12-3-1-11(10-19)2-4-12/h1-6,9,20H,7-8H2,(H,21,22). The van der Waals surface area contributed by atoms with Gasteiger partial charge < -0.3 is 10.6 Å². The first-order chi connectivity index (χ1) is 10.6. The van der Waals surface area contributed by atoms with Gasteiger partial charge in [0.2, 0.25) is 5.91 Å². The van der Waals surface area contributed by atoms with E-state index >= 15 is 0 Å². The van der Waals surface area contributed by atoms with Crippen molar-refractivity contribution in [2.45, 2.75) is 6.42 Å². The average Bonchev–Trinajstić information content (AvgIpc) is 2.51. The molecule has 0 bridgehead atoms. The van der Waals surface area contributed by atoms with Gasteiger partial charge in [0.25, 0.3) is 0 Å². The number of anilines is 2. The zero-order chi connectivity index (χ0) is 15.9. The molecule has 0 unspecified atom stereocenters. The molecule has 22 heavy (non-hydrogen) atoms. The van der Waals surface area contributed by atoms with E-state index in [0.29, 0.717) is 17.8 Å². The monoisotopic (exact) mass is 317 g/mol. The Bertz CT molecular complexity index is 710. The zero-order valence-electron chi connectivity index (χ0n) is 11.6. The lowest BCUT2D eigenvalue weighted by Gasteiger charge is -2.08. The van der Waals surface area contributed by atoms with Gasteiger partial charge in [0.05, 0.1) is 16.7 Å². The number of amides is 1. The van der Waals surface area contributed by atoms with Crippen LogP contribution in [0, 0.1) is 17.1 Å². The molecule has 2 N–H and O–H groups in total. The highest BCUT2D eigenvalue weighted by Gasteiger charge is 2.05. The minimum absolute atomic E-state index is 0.0338. The van der Waals surface area contributed by atoms with E-state index in [1.807, 2.05) is 6.07 Å². The molecule has 6 heteroatoms. The Kier molecular flexibility index (Phi) is 5.34. The van der Waals surface area contributed by atoms with Crippen molar-refractivity contribution in [3.63, 3.8) is 0 Å². The maximum Gasteiger partial charge on any atom is 0.226 e. The summed E-state index contributed by atoms with van der Waals surface area (Å²) in [6.07, 6.45) is 0.245. The van der Waals surface area contributed by atoms with Crippen LogP contribution in [0.15, 0.2) is 42.5 Å². The summed E-state index contributed by atoms with van der Waals surface area (Å²) in [4.78, 5) is 11.8. The number of hydrogen-bond acceptors (Lipinski definition) is 3. The molecule has 0 aliphatic carbocycles. The largest absolute Gasteiger partial charge is 0.385 e. The van der Waals surface area contributed by atoms with Gasteiger partial charge in [-0.1, -0.05) is 11.6 Å². The van der Waals surface area contributed by atoms with E-state index in [2.05, 4.69) is 10.6 Å². The Morgan fingerprint density at radius 3 is 2.50 bits per heavy atom. The van der Waals surface area contributed by atoms with Gasteiger partial charge in [-0.2, -0.15) is 5.26 Å².